The Morgan fingerprint density at radius 3 is 2.60 bits per heavy atom. The summed E-state index contributed by atoms with van der Waals surface area (Å²) in [5, 5.41) is 12.0. The van der Waals surface area contributed by atoms with Crippen LogP contribution in [0.3, 0.4) is 0 Å². The quantitative estimate of drug-likeness (QED) is 0.838. The molecule has 2 aromatic carbocycles. The number of nitriles is 1. The maximum atomic E-state index is 8.71. The van der Waals surface area contributed by atoms with Crippen LogP contribution in [0, 0.1) is 18.3 Å². The minimum atomic E-state index is 0.562. The van der Waals surface area contributed by atoms with E-state index in [1.807, 2.05) is 6.07 Å². The lowest BCUT2D eigenvalue weighted by atomic mass is 10.2. The number of hydrogen-bond donors (Lipinski definition) is 1. The van der Waals surface area contributed by atoms with Gasteiger partial charge in [-0.3, -0.25) is 0 Å². The number of hydrogen-bond acceptors (Lipinski definition) is 3. The molecule has 0 amide bonds. The Hall–Kier alpha value is -1.99. The summed E-state index contributed by atoms with van der Waals surface area (Å²) in [5.41, 5.74) is 2.91. The van der Waals surface area contributed by atoms with Gasteiger partial charge in [-0.25, -0.2) is 0 Å². The molecule has 0 radical (unpaired) electrons. The SMILES string of the molecule is Cc1ccc(NCCOc2ccc(C#N)cc2)c(Br)c1. The highest BCUT2D eigenvalue weighted by Crippen LogP contribution is 2.23. The summed E-state index contributed by atoms with van der Waals surface area (Å²) in [6.45, 7) is 3.33. The van der Waals surface area contributed by atoms with Gasteiger partial charge >= 0.3 is 0 Å². The van der Waals surface area contributed by atoms with Crippen molar-refractivity contribution in [2.24, 2.45) is 0 Å². The third-order valence-corrected chi connectivity index (χ3v) is 3.45. The van der Waals surface area contributed by atoms with E-state index in [1.54, 1.807) is 24.3 Å². The van der Waals surface area contributed by atoms with Crippen molar-refractivity contribution in [3.63, 3.8) is 0 Å². The lowest BCUT2D eigenvalue weighted by Crippen LogP contribution is -2.11. The highest BCUT2D eigenvalue weighted by molar-refractivity contribution is 9.10. The molecule has 0 spiro atoms. The number of ether oxygens (including phenoxy) is 1. The van der Waals surface area contributed by atoms with Crippen LogP contribution in [-0.4, -0.2) is 13.2 Å². The van der Waals surface area contributed by atoms with Crippen LogP contribution < -0.4 is 10.1 Å². The van der Waals surface area contributed by atoms with E-state index in [9.17, 15) is 0 Å². The van der Waals surface area contributed by atoms with Crippen LogP contribution in [0.15, 0.2) is 46.9 Å². The van der Waals surface area contributed by atoms with Gasteiger partial charge in [0.1, 0.15) is 12.4 Å². The molecule has 4 heteroatoms. The Kier molecular flexibility index (Phi) is 5.03. The summed E-state index contributed by atoms with van der Waals surface area (Å²) in [6, 6.07) is 15.4. The van der Waals surface area contributed by atoms with E-state index in [0.717, 1.165) is 15.9 Å². The molecule has 2 rings (SSSR count). The van der Waals surface area contributed by atoms with Crippen LogP contribution in [0.2, 0.25) is 0 Å². The molecule has 0 aromatic heterocycles. The van der Waals surface area contributed by atoms with E-state index >= 15 is 0 Å². The van der Waals surface area contributed by atoms with Gasteiger partial charge in [0, 0.05) is 16.7 Å². The zero-order valence-corrected chi connectivity index (χ0v) is 12.8. The molecule has 0 fully saturated rings. The Labute approximate surface area is 127 Å². The fourth-order valence-corrected chi connectivity index (χ4v) is 2.38. The second kappa shape index (κ2) is 6.97. The average Bonchev–Trinajstić information content (AvgIpc) is 2.46. The molecular formula is C16H15BrN2O. The van der Waals surface area contributed by atoms with Crippen molar-refractivity contribution in [3.05, 3.63) is 58.1 Å². The molecule has 0 unspecified atom stereocenters. The highest BCUT2D eigenvalue weighted by Gasteiger charge is 1.99. The number of aryl methyl sites for hydroxylation is 1. The normalized spacial score (nSPS) is 9.85. The second-order valence-electron chi connectivity index (χ2n) is 4.39. The summed E-state index contributed by atoms with van der Waals surface area (Å²) >= 11 is 3.53. The highest BCUT2D eigenvalue weighted by atomic mass is 79.9. The first-order chi connectivity index (χ1) is 9.69. The molecule has 0 aliphatic rings. The van der Waals surface area contributed by atoms with E-state index in [2.05, 4.69) is 46.4 Å². The molecule has 0 heterocycles. The Balaban J connectivity index is 1.80. The summed E-state index contributed by atoms with van der Waals surface area (Å²) in [7, 11) is 0. The Morgan fingerprint density at radius 1 is 1.20 bits per heavy atom. The minimum Gasteiger partial charge on any atom is -0.492 e. The van der Waals surface area contributed by atoms with Gasteiger partial charge in [-0.2, -0.15) is 5.26 Å². The van der Waals surface area contributed by atoms with Gasteiger partial charge < -0.3 is 10.1 Å². The molecule has 3 nitrogen and oxygen atoms in total. The van der Waals surface area contributed by atoms with Crippen molar-refractivity contribution in [3.8, 4) is 11.8 Å². The largest absolute Gasteiger partial charge is 0.492 e. The van der Waals surface area contributed by atoms with Crippen molar-refractivity contribution < 1.29 is 4.74 Å². The third-order valence-electron chi connectivity index (χ3n) is 2.79. The molecule has 0 atom stereocenters. The molecule has 1 N–H and O–H groups in total. The number of rotatable bonds is 5. The summed E-state index contributed by atoms with van der Waals surface area (Å²) in [6.07, 6.45) is 0. The summed E-state index contributed by atoms with van der Waals surface area (Å²) in [5.74, 6) is 0.772. The lowest BCUT2D eigenvalue weighted by molar-refractivity contribution is 0.333. The van der Waals surface area contributed by atoms with Crippen LogP contribution in [0.1, 0.15) is 11.1 Å². The van der Waals surface area contributed by atoms with Crippen LogP contribution >= 0.6 is 15.9 Å². The van der Waals surface area contributed by atoms with E-state index in [1.165, 1.54) is 5.56 Å². The first-order valence-corrected chi connectivity index (χ1v) is 7.11. The fourth-order valence-electron chi connectivity index (χ4n) is 1.74. The van der Waals surface area contributed by atoms with Crippen LogP contribution in [0.25, 0.3) is 0 Å². The number of anilines is 1. The topological polar surface area (TPSA) is 45.0 Å². The minimum absolute atomic E-state index is 0.562. The smallest absolute Gasteiger partial charge is 0.119 e. The Bertz CT molecular complexity index is 617. The Morgan fingerprint density at radius 2 is 1.95 bits per heavy atom. The van der Waals surface area contributed by atoms with Gasteiger partial charge in [0.15, 0.2) is 0 Å². The lowest BCUT2D eigenvalue weighted by Gasteiger charge is -2.10. The van der Waals surface area contributed by atoms with Crippen LogP contribution in [-0.2, 0) is 0 Å². The number of nitrogens with one attached hydrogen (secondary N) is 1. The van der Waals surface area contributed by atoms with Gasteiger partial charge in [-0.1, -0.05) is 6.07 Å². The summed E-state index contributed by atoms with van der Waals surface area (Å²) in [4.78, 5) is 0. The van der Waals surface area contributed by atoms with E-state index in [0.29, 0.717) is 18.7 Å². The van der Waals surface area contributed by atoms with Crippen molar-refractivity contribution in [1.29, 1.82) is 5.26 Å². The maximum absolute atomic E-state index is 8.71. The predicted octanol–water partition coefficient (Wildman–Crippen LogP) is 4.12. The van der Waals surface area contributed by atoms with Gasteiger partial charge in [-0.05, 0) is 64.8 Å². The van der Waals surface area contributed by atoms with Crippen molar-refractivity contribution >= 4 is 21.6 Å². The standard InChI is InChI=1S/C16H15BrN2O/c1-12-2-7-16(15(17)10-12)19-8-9-20-14-5-3-13(11-18)4-6-14/h2-7,10,19H,8-9H2,1H3. The number of nitrogens with zero attached hydrogens (tertiary/aromatic N) is 1. The van der Waals surface area contributed by atoms with E-state index in [4.69, 9.17) is 10.00 Å². The van der Waals surface area contributed by atoms with E-state index < -0.39 is 0 Å². The molecule has 0 saturated carbocycles. The monoisotopic (exact) mass is 330 g/mol. The van der Waals surface area contributed by atoms with Crippen LogP contribution in [0.5, 0.6) is 5.75 Å². The first kappa shape index (κ1) is 14.4. The zero-order valence-electron chi connectivity index (χ0n) is 11.2. The van der Waals surface area contributed by atoms with Crippen LogP contribution in [0.4, 0.5) is 5.69 Å². The molecule has 0 aliphatic heterocycles. The number of benzene rings is 2. The van der Waals surface area contributed by atoms with Gasteiger partial charge in [0.05, 0.1) is 11.6 Å². The molecule has 0 saturated heterocycles. The second-order valence-corrected chi connectivity index (χ2v) is 5.25. The molecule has 0 bridgehead atoms. The fraction of sp³-hybridized carbons (Fsp3) is 0.188. The van der Waals surface area contributed by atoms with Gasteiger partial charge in [-0.15, -0.1) is 0 Å². The van der Waals surface area contributed by atoms with Gasteiger partial charge in [0.2, 0.25) is 0 Å². The van der Waals surface area contributed by atoms with Gasteiger partial charge in [0.25, 0.3) is 0 Å². The molecule has 102 valence electrons. The molecule has 2 aromatic rings. The first-order valence-electron chi connectivity index (χ1n) is 6.32. The van der Waals surface area contributed by atoms with Crippen molar-refractivity contribution in [2.45, 2.75) is 6.92 Å². The average molecular weight is 331 g/mol. The summed E-state index contributed by atoms with van der Waals surface area (Å²) < 4.78 is 6.66. The molecule has 0 aliphatic carbocycles. The van der Waals surface area contributed by atoms with E-state index in [-0.39, 0.29) is 0 Å². The molecular weight excluding hydrogens is 316 g/mol. The predicted molar refractivity (Wildman–Crippen MR) is 84.0 cm³/mol. The number of halogens is 1. The van der Waals surface area contributed by atoms with Crippen molar-refractivity contribution in [2.75, 3.05) is 18.5 Å². The van der Waals surface area contributed by atoms with Crippen molar-refractivity contribution in [1.82, 2.24) is 0 Å². The zero-order chi connectivity index (χ0) is 14.4. The maximum Gasteiger partial charge on any atom is 0.119 e. The molecule has 20 heavy (non-hydrogen) atoms. The third kappa shape index (κ3) is 4.01.